The van der Waals surface area contributed by atoms with Gasteiger partial charge in [-0.25, -0.2) is 0 Å². The number of carbonyl (C=O) groups is 2. The number of hydrogen-bond donors (Lipinski definition) is 1. The lowest BCUT2D eigenvalue weighted by atomic mass is 9.85. The van der Waals surface area contributed by atoms with Crippen LogP contribution in [0.5, 0.6) is 5.75 Å². The minimum atomic E-state index is -0.744. The van der Waals surface area contributed by atoms with Crippen molar-refractivity contribution in [1.82, 2.24) is 4.90 Å². The zero-order valence-corrected chi connectivity index (χ0v) is 21.0. The van der Waals surface area contributed by atoms with E-state index in [2.05, 4.69) is 20.8 Å². The molecule has 0 radical (unpaired) electrons. The number of aliphatic hydroxyl groups is 1. The number of nitrogens with zero attached hydrogens (tertiary/aromatic N) is 1. The molecule has 1 saturated heterocycles. The minimum absolute atomic E-state index is 0.00348. The number of halogens is 2. The van der Waals surface area contributed by atoms with Gasteiger partial charge in [0.05, 0.1) is 29.3 Å². The highest BCUT2D eigenvalue weighted by molar-refractivity contribution is 6.46. The standard InChI is InChI=1S/C26H29Cl2NO4/c1-6-7-12-29-21(15-8-10-16(11-9-15)26(2,3)4)20(23(31)25(29)32)22(30)18-13-17(27)14-19(28)24(18)33-5/h8-11,13-14,21,30H,6-7,12H2,1-5H3/b22-20+. The molecule has 2 aromatic carbocycles. The van der Waals surface area contributed by atoms with Gasteiger partial charge in [0.2, 0.25) is 0 Å². The average molecular weight is 490 g/mol. The third-order valence-corrected chi connectivity index (χ3v) is 6.35. The number of methoxy groups -OCH3 is 1. The summed E-state index contributed by atoms with van der Waals surface area (Å²) in [7, 11) is 1.41. The van der Waals surface area contributed by atoms with Crippen LogP contribution in [0.15, 0.2) is 42.0 Å². The first-order chi connectivity index (χ1) is 15.5. The highest BCUT2D eigenvalue weighted by atomic mass is 35.5. The van der Waals surface area contributed by atoms with Crippen LogP contribution in [0.3, 0.4) is 0 Å². The molecule has 5 nitrogen and oxygen atoms in total. The van der Waals surface area contributed by atoms with Gasteiger partial charge in [0.15, 0.2) is 0 Å². The Labute approximate surface area is 204 Å². The smallest absolute Gasteiger partial charge is 0.295 e. The van der Waals surface area contributed by atoms with Crippen molar-refractivity contribution in [1.29, 1.82) is 0 Å². The summed E-state index contributed by atoms with van der Waals surface area (Å²) in [6, 6.07) is 10.0. The Kier molecular flexibility index (Phi) is 7.45. The van der Waals surface area contributed by atoms with Gasteiger partial charge in [-0.15, -0.1) is 0 Å². The Balaban J connectivity index is 2.23. The van der Waals surface area contributed by atoms with Crippen LogP contribution in [0.4, 0.5) is 0 Å². The molecule has 1 aliphatic heterocycles. The zero-order valence-electron chi connectivity index (χ0n) is 19.5. The summed E-state index contributed by atoms with van der Waals surface area (Å²) in [5.41, 5.74) is 1.98. The number of amides is 1. The first kappa shape index (κ1) is 25.1. The van der Waals surface area contributed by atoms with Crippen LogP contribution in [-0.2, 0) is 15.0 Å². The summed E-state index contributed by atoms with van der Waals surface area (Å²) < 4.78 is 5.37. The third kappa shape index (κ3) is 4.90. The van der Waals surface area contributed by atoms with Gasteiger partial charge in [-0.1, -0.05) is 81.6 Å². The van der Waals surface area contributed by atoms with Crippen molar-refractivity contribution in [2.75, 3.05) is 13.7 Å². The number of hydrogen-bond acceptors (Lipinski definition) is 4. The predicted octanol–water partition coefficient (Wildman–Crippen LogP) is 6.52. The monoisotopic (exact) mass is 489 g/mol. The first-order valence-electron chi connectivity index (χ1n) is 10.9. The van der Waals surface area contributed by atoms with Crippen molar-refractivity contribution >= 4 is 40.7 Å². The molecule has 0 spiro atoms. The molecule has 1 fully saturated rings. The van der Waals surface area contributed by atoms with Crippen LogP contribution < -0.4 is 4.74 Å². The quantitative estimate of drug-likeness (QED) is 0.284. The number of Topliss-reactive ketones (excluding diaryl/α,β-unsaturated/α-hetero) is 1. The highest BCUT2D eigenvalue weighted by Crippen LogP contribution is 2.43. The van der Waals surface area contributed by atoms with Crippen LogP contribution in [0, 0.1) is 0 Å². The second-order valence-electron chi connectivity index (χ2n) is 9.19. The van der Waals surface area contributed by atoms with Crippen LogP contribution in [0.2, 0.25) is 10.0 Å². The molecule has 1 amide bonds. The van der Waals surface area contributed by atoms with E-state index in [9.17, 15) is 14.7 Å². The van der Waals surface area contributed by atoms with E-state index in [-0.39, 0.29) is 38.1 Å². The molecule has 1 heterocycles. The fraction of sp³-hybridized carbons (Fsp3) is 0.385. The Morgan fingerprint density at radius 3 is 2.30 bits per heavy atom. The summed E-state index contributed by atoms with van der Waals surface area (Å²) in [5.74, 6) is -1.56. The average Bonchev–Trinajstić information content (AvgIpc) is 3.01. The van der Waals surface area contributed by atoms with E-state index in [1.54, 1.807) is 0 Å². The molecule has 0 bridgehead atoms. The van der Waals surface area contributed by atoms with E-state index in [4.69, 9.17) is 27.9 Å². The van der Waals surface area contributed by atoms with Gasteiger partial charge in [0.1, 0.15) is 11.5 Å². The molecular weight excluding hydrogens is 461 g/mol. The Bertz CT molecular complexity index is 1100. The Hall–Kier alpha value is -2.50. The molecule has 1 aliphatic rings. The van der Waals surface area contributed by atoms with E-state index >= 15 is 0 Å². The molecule has 1 atom stereocenters. The lowest BCUT2D eigenvalue weighted by Crippen LogP contribution is -2.30. The van der Waals surface area contributed by atoms with Gasteiger partial charge < -0.3 is 14.7 Å². The molecule has 3 rings (SSSR count). The van der Waals surface area contributed by atoms with Gasteiger partial charge in [-0.05, 0) is 35.1 Å². The number of ether oxygens (including phenoxy) is 1. The molecule has 0 saturated carbocycles. The molecule has 2 aromatic rings. The molecule has 33 heavy (non-hydrogen) atoms. The number of unbranched alkanes of at least 4 members (excludes halogenated alkanes) is 1. The SMILES string of the molecule is CCCCN1C(=O)C(=O)/C(=C(/O)c2cc(Cl)cc(Cl)c2OC)C1c1ccc(C(C)(C)C)cc1. The number of rotatable bonds is 6. The molecule has 7 heteroatoms. The summed E-state index contributed by atoms with van der Waals surface area (Å²) in [5, 5.41) is 11.8. The van der Waals surface area contributed by atoms with E-state index in [1.807, 2.05) is 31.2 Å². The van der Waals surface area contributed by atoms with Gasteiger partial charge >= 0.3 is 0 Å². The molecule has 0 aliphatic carbocycles. The van der Waals surface area contributed by atoms with Crippen molar-refractivity contribution < 1.29 is 19.4 Å². The number of aliphatic hydroxyl groups excluding tert-OH is 1. The topological polar surface area (TPSA) is 66.8 Å². The second-order valence-corrected chi connectivity index (χ2v) is 10.0. The fourth-order valence-electron chi connectivity index (χ4n) is 4.04. The molecule has 1 N–H and O–H groups in total. The molecule has 0 aromatic heterocycles. The van der Waals surface area contributed by atoms with Gasteiger partial charge in [0.25, 0.3) is 11.7 Å². The molecular formula is C26H29Cl2NO4. The summed E-state index contributed by atoms with van der Waals surface area (Å²) >= 11 is 12.4. The Morgan fingerprint density at radius 2 is 1.76 bits per heavy atom. The van der Waals surface area contributed by atoms with Crippen molar-refractivity contribution in [2.24, 2.45) is 0 Å². The van der Waals surface area contributed by atoms with Crippen LogP contribution in [0.25, 0.3) is 5.76 Å². The second kappa shape index (κ2) is 9.78. The van der Waals surface area contributed by atoms with Crippen LogP contribution >= 0.6 is 23.2 Å². The number of likely N-dealkylation sites (tertiary alicyclic amines) is 1. The lowest BCUT2D eigenvalue weighted by molar-refractivity contribution is -0.139. The Morgan fingerprint density at radius 1 is 1.12 bits per heavy atom. The van der Waals surface area contributed by atoms with Crippen molar-refractivity contribution in [2.45, 2.75) is 52.0 Å². The molecule has 176 valence electrons. The lowest BCUT2D eigenvalue weighted by Gasteiger charge is -2.26. The highest BCUT2D eigenvalue weighted by Gasteiger charge is 2.46. The summed E-state index contributed by atoms with van der Waals surface area (Å²) in [6.07, 6.45) is 1.59. The minimum Gasteiger partial charge on any atom is -0.507 e. The maximum Gasteiger partial charge on any atom is 0.295 e. The van der Waals surface area contributed by atoms with Crippen molar-refractivity contribution in [3.05, 3.63) is 68.7 Å². The van der Waals surface area contributed by atoms with Crippen molar-refractivity contribution in [3.63, 3.8) is 0 Å². The van der Waals surface area contributed by atoms with Crippen LogP contribution in [-0.4, -0.2) is 35.4 Å². The summed E-state index contributed by atoms with van der Waals surface area (Å²) in [6.45, 7) is 8.76. The summed E-state index contributed by atoms with van der Waals surface area (Å²) in [4.78, 5) is 27.7. The van der Waals surface area contributed by atoms with Crippen molar-refractivity contribution in [3.8, 4) is 5.75 Å². The molecule has 1 unspecified atom stereocenters. The largest absolute Gasteiger partial charge is 0.507 e. The normalized spacial score (nSPS) is 18.2. The fourth-order valence-corrected chi connectivity index (χ4v) is 4.61. The first-order valence-corrected chi connectivity index (χ1v) is 11.7. The van der Waals surface area contributed by atoms with Gasteiger partial charge in [-0.3, -0.25) is 9.59 Å². The maximum atomic E-state index is 13.2. The van der Waals surface area contributed by atoms with Gasteiger partial charge in [0, 0.05) is 11.6 Å². The third-order valence-electron chi connectivity index (χ3n) is 5.85. The predicted molar refractivity (Wildman–Crippen MR) is 132 cm³/mol. The number of benzene rings is 2. The van der Waals surface area contributed by atoms with Crippen LogP contribution in [0.1, 0.15) is 63.3 Å². The number of ketones is 1. The zero-order chi connectivity index (χ0) is 24.5. The van der Waals surface area contributed by atoms with Gasteiger partial charge in [-0.2, -0.15) is 0 Å². The van der Waals surface area contributed by atoms with E-state index in [0.717, 1.165) is 24.0 Å². The van der Waals surface area contributed by atoms with E-state index < -0.39 is 17.7 Å². The van der Waals surface area contributed by atoms with E-state index in [0.29, 0.717) is 6.54 Å². The van der Waals surface area contributed by atoms with E-state index in [1.165, 1.54) is 24.1 Å². The maximum absolute atomic E-state index is 13.2. The number of carbonyl (C=O) groups excluding carboxylic acids is 2.